The van der Waals surface area contributed by atoms with Crippen molar-refractivity contribution in [2.24, 2.45) is 0 Å². The van der Waals surface area contributed by atoms with Crippen molar-refractivity contribution in [3.63, 3.8) is 0 Å². The van der Waals surface area contributed by atoms with Crippen LogP contribution in [0, 0.1) is 17.0 Å². The quantitative estimate of drug-likeness (QED) is 0.213. The van der Waals surface area contributed by atoms with Crippen LogP contribution in [-0.4, -0.2) is 36.4 Å². The number of halogens is 2. The van der Waals surface area contributed by atoms with Crippen LogP contribution in [0.5, 0.6) is 0 Å². The first-order valence-electron chi connectivity index (χ1n) is 10.0. The van der Waals surface area contributed by atoms with Gasteiger partial charge in [0.15, 0.2) is 0 Å². The van der Waals surface area contributed by atoms with Crippen LogP contribution >= 0.6 is 23.2 Å². The molecule has 4 rings (SSSR count). The predicted molar refractivity (Wildman–Crippen MR) is 132 cm³/mol. The maximum absolute atomic E-state index is 10.9. The maximum Gasteiger partial charge on any atom is 0.311 e. The summed E-state index contributed by atoms with van der Waals surface area (Å²) >= 11 is 12.5. The molecule has 34 heavy (non-hydrogen) atoms. The first-order valence-corrected chi connectivity index (χ1v) is 10.8. The highest BCUT2D eigenvalue weighted by molar-refractivity contribution is 6.36. The Hall–Kier alpha value is -3.96. The number of hydrogen-bond donors (Lipinski definition) is 4. The largest absolute Gasteiger partial charge is 0.378 e. The van der Waals surface area contributed by atoms with Gasteiger partial charge >= 0.3 is 5.69 Å². The molecule has 0 saturated heterocycles. The first kappa shape index (κ1) is 23.2. The highest BCUT2D eigenvalue weighted by atomic mass is 35.5. The van der Waals surface area contributed by atoms with E-state index < -0.39 is 4.92 Å². The van der Waals surface area contributed by atoms with E-state index in [0.29, 0.717) is 57.2 Å². The zero-order valence-corrected chi connectivity index (χ0v) is 19.4. The molecule has 174 valence electrons. The third-order valence-corrected chi connectivity index (χ3v) is 5.44. The number of nitro groups is 1. The van der Waals surface area contributed by atoms with Crippen LogP contribution in [-0.2, 0) is 6.42 Å². The van der Waals surface area contributed by atoms with Gasteiger partial charge in [-0.3, -0.25) is 10.1 Å². The molecule has 0 fully saturated rings. The summed E-state index contributed by atoms with van der Waals surface area (Å²) in [6, 6.07) is 7.88. The lowest BCUT2D eigenvalue weighted by atomic mass is 10.0. The fraction of sp³-hybridized carbons (Fsp3) is 0.143. The van der Waals surface area contributed by atoms with Gasteiger partial charge in [-0.05, 0) is 31.2 Å². The third-order valence-electron chi connectivity index (χ3n) is 4.89. The van der Waals surface area contributed by atoms with Crippen molar-refractivity contribution < 1.29 is 4.92 Å². The summed E-state index contributed by atoms with van der Waals surface area (Å²) in [5.41, 5.74) is 14.7. The Morgan fingerprint density at radius 1 is 1.15 bits per heavy atom. The summed E-state index contributed by atoms with van der Waals surface area (Å²) < 4.78 is 0. The average Bonchev–Trinajstić information content (AvgIpc) is 3.19. The van der Waals surface area contributed by atoms with Crippen LogP contribution in [0.15, 0.2) is 36.5 Å². The summed E-state index contributed by atoms with van der Waals surface area (Å²) in [4.78, 5) is 30.9. The number of aryl methyl sites for hydroxylation is 1. The number of aromatic amines is 1. The van der Waals surface area contributed by atoms with Gasteiger partial charge in [0.2, 0.25) is 11.8 Å². The fourth-order valence-electron chi connectivity index (χ4n) is 3.40. The van der Waals surface area contributed by atoms with Gasteiger partial charge in [-0.15, -0.1) is 0 Å². The van der Waals surface area contributed by atoms with E-state index in [1.165, 1.54) is 12.1 Å². The van der Waals surface area contributed by atoms with Gasteiger partial charge < -0.3 is 21.8 Å². The van der Waals surface area contributed by atoms with Crippen LogP contribution in [0.25, 0.3) is 22.6 Å². The van der Waals surface area contributed by atoms with E-state index in [-0.39, 0.29) is 17.5 Å². The molecule has 0 saturated carbocycles. The van der Waals surface area contributed by atoms with Crippen molar-refractivity contribution in [2.45, 2.75) is 13.3 Å². The molecule has 0 amide bonds. The lowest BCUT2D eigenvalue weighted by Crippen LogP contribution is -2.12. The first-order chi connectivity index (χ1) is 16.2. The Bertz CT molecular complexity index is 1390. The minimum atomic E-state index is -0.586. The molecule has 13 heteroatoms. The Labute approximate surface area is 203 Å². The lowest BCUT2D eigenvalue weighted by molar-refractivity contribution is -0.384. The maximum atomic E-state index is 10.9. The van der Waals surface area contributed by atoms with Crippen molar-refractivity contribution in [2.75, 3.05) is 23.3 Å². The van der Waals surface area contributed by atoms with Crippen LogP contribution < -0.4 is 16.8 Å². The summed E-state index contributed by atoms with van der Waals surface area (Å²) in [7, 11) is 0. The molecule has 4 aromatic rings. The van der Waals surface area contributed by atoms with Crippen molar-refractivity contribution >= 4 is 46.5 Å². The molecular formula is C21H19Cl2N9O2. The van der Waals surface area contributed by atoms with Crippen LogP contribution in [0.3, 0.4) is 0 Å². The van der Waals surface area contributed by atoms with Gasteiger partial charge in [0, 0.05) is 41.5 Å². The molecule has 6 N–H and O–H groups in total. The van der Waals surface area contributed by atoms with E-state index in [9.17, 15) is 10.1 Å². The molecule has 0 unspecified atom stereocenters. The Kier molecular flexibility index (Phi) is 6.48. The molecule has 0 bridgehead atoms. The molecule has 0 radical (unpaired) electrons. The second-order valence-electron chi connectivity index (χ2n) is 7.33. The van der Waals surface area contributed by atoms with Crippen LogP contribution in [0.1, 0.15) is 11.4 Å². The number of hydrogen-bond acceptors (Lipinski definition) is 9. The number of nitrogens with one attached hydrogen (secondary N) is 2. The number of anilines is 3. The summed E-state index contributed by atoms with van der Waals surface area (Å²) in [6.07, 6.45) is 2.10. The topological polar surface area (TPSA) is 175 Å². The SMILES string of the molecule is Cc1cnc(-c2c(CCNc3ccc([N+](=O)[O-])c(N)n3)nc(N)nc2-c2ccc(Cl)cc2Cl)[nH]1. The fourth-order valence-corrected chi connectivity index (χ4v) is 3.90. The Morgan fingerprint density at radius 3 is 2.59 bits per heavy atom. The van der Waals surface area contributed by atoms with Crippen molar-refractivity contribution in [3.8, 4) is 22.6 Å². The minimum absolute atomic E-state index is 0.0701. The highest BCUT2D eigenvalue weighted by Gasteiger charge is 2.21. The van der Waals surface area contributed by atoms with Crippen molar-refractivity contribution in [1.82, 2.24) is 24.9 Å². The third kappa shape index (κ3) is 4.85. The van der Waals surface area contributed by atoms with Gasteiger partial charge in [0.05, 0.1) is 26.9 Å². The summed E-state index contributed by atoms with van der Waals surface area (Å²) in [5.74, 6) is 0.848. The number of imidazole rings is 1. The van der Waals surface area contributed by atoms with E-state index in [4.69, 9.17) is 34.7 Å². The van der Waals surface area contributed by atoms with Crippen LogP contribution in [0.4, 0.5) is 23.3 Å². The highest BCUT2D eigenvalue weighted by Crippen LogP contribution is 2.37. The molecule has 1 aromatic carbocycles. The molecular weight excluding hydrogens is 481 g/mol. The van der Waals surface area contributed by atoms with E-state index in [0.717, 1.165) is 5.69 Å². The standard InChI is InChI=1S/C21H19Cl2N9O2/c1-10-9-27-20(28-10)17-14(6-7-26-16-5-4-15(32(33)34)19(24)30-16)29-21(25)31-18(17)12-3-2-11(22)8-13(12)23/h2-5,8-9H,6-7H2,1H3,(H,27,28)(H3,24,26,30)(H2,25,29,31). The monoisotopic (exact) mass is 499 g/mol. The molecule has 0 spiro atoms. The number of nitrogen functional groups attached to an aromatic ring is 2. The van der Waals surface area contributed by atoms with Crippen LogP contribution in [0.2, 0.25) is 10.0 Å². The second kappa shape index (κ2) is 9.49. The second-order valence-corrected chi connectivity index (χ2v) is 8.17. The van der Waals surface area contributed by atoms with E-state index in [1.807, 2.05) is 6.92 Å². The van der Waals surface area contributed by atoms with E-state index in [1.54, 1.807) is 24.4 Å². The number of H-pyrrole nitrogens is 1. The minimum Gasteiger partial charge on any atom is -0.378 e. The number of benzene rings is 1. The number of nitrogens with two attached hydrogens (primary N) is 2. The number of pyridine rings is 1. The molecule has 3 heterocycles. The molecule has 0 aliphatic rings. The normalized spacial score (nSPS) is 10.9. The predicted octanol–water partition coefficient (Wildman–Crippen LogP) is 4.27. The molecule has 3 aromatic heterocycles. The molecule has 0 aliphatic heterocycles. The summed E-state index contributed by atoms with van der Waals surface area (Å²) in [5, 5.41) is 14.9. The van der Waals surface area contributed by atoms with Gasteiger partial charge in [0.1, 0.15) is 11.6 Å². The van der Waals surface area contributed by atoms with E-state index in [2.05, 4.69) is 30.2 Å². The van der Waals surface area contributed by atoms with Gasteiger partial charge in [-0.2, -0.15) is 0 Å². The Balaban J connectivity index is 1.70. The molecule has 0 aliphatic carbocycles. The van der Waals surface area contributed by atoms with Crippen molar-refractivity contribution in [3.05, 3.63) is 68.1 Å². The van der Waals surface area contributed by atoms with E-state index >= 15 is 0 Å². The molecule has 11 nitrogen and oxygen atoms in total. The summed E-state index contributed by atoms with van der Waals surface area (Å²) in [6.45, 7) is 2.26. The number of aromatic nitrogens is 5. The van der Waals surface area contributed by atoms with Gasteiger partial charge in [-0.1, -0.05) is 23.2 Å². The zero-order valence-electron chi connectivity index (χ0n) is 17.8. The lowest BCUT2D eigenvalue weighted by Gasteiger charge is -2.15. The van der Waals surface area contributed by atoms with Gasteiger partial charge in [0.25, 0.3) is 0 Å². The number of nitrogens with zero attached hydrogens (tertiary/aromatic N) is 5. The number of rotatable bonds is 7. The molecule has 0 atom stereocenters. The van der Waals surface area contributed by atoms with Gasteiger partial charge in [-0.25, -0.2) is 19.9 Å². The average molecular weight is 500 g/mol. The zero-order chi connectivity index (χ0) is 24.4. The van der Waals surface area contributed by atoms with Crippen molar-refractivity contribution in [1.29, 1.82) is 0 Å². The smallest absolute Gasteiger partial charge is 0.311 e. The Morgan fingerprint density at radius 2 is 1.94 bits per heavy atom.